The summed E-state index contributed by atoms with van der Waals surface area (Å²) in [6.45, 7) is 5.60. The summed E-state index contributed by atoms with van der Waals surface area (Å²) in [7, 11) is -0.866. The summed E-state index contributed by atoms with van der Waals surface area (Å²) in [5.41, 5.74) is 1.51. The predicted molar refractivity (Wildman–Crippen MR) is 108 cm³/mol. The molecule has 8 heteroatoms. The fourth-order valence-electron chi connectivity index (χ4n) is 3.16. The highest BCUT2D eigenvalue weighted by molar-refractivity contribution is 7.92. The van der Waals surface area contributed by atoms with Gasteiger partial charge in [0.2, 0.25) is 0 Å². The number of hydrogen-bond donors (Lipinski definition) is 1. The molecule has 0 bridgehead atoms. The number of rotatable bonds is 7. The van der Waals surface area contributed by atoms with Gasteiger partial charge in [-0.15, -0.1) is 0 Å². The number of likely N-dealkylation sites (N-methyl/N-ethyl adjacent to an activating group) is 1. The Morgan fingerprint density at radius 1 is 1.14 bits per heavy atom. The molecule has 0 spiro atoms. The normalized spacial score (nSPS) is 17.9. The van der Waals surface area contributed by atoms with Crippen molar-refractivity contribution in [3.8, 4) is 11.5 Å². The largest absolute Gasteiger partial charge is 0.497 e. The minimum absolute atomic E-state index is 0.000962. The van der Waals surface area contributed by atoms with Gasteiger partial charge in [-0.05, 0) is 36.4 Å². The number of nitrogens with one attached hydrogen (secondary N) is 1. The van der Waals surface area contributed by atoms with Crippen molar-refractivity contribution in [1.29, 1.82) is 0 Å². The van der Waals surface area contributed by atoms with Crippen LogP contribution in [0.4, 0.5) is 5.69 Å². The number of morpholine rings is 1. The molecule has 0 amide bonds. The lowest BCUT2D eigenvalue weighted by Crippen LogP contribution is -2.38. The third kappa shape index (κ3) is 4.57. The van der Waals surface area contributed by atoms with Gasteiger partial charge < -0.3 is 14.2 Å². The number of ether oxygens (including phenoxy) is 3. The molecule has 0 aromatic heterocycles. The van der Waals surface area contributed by atoms with Crippen LogP contribution in [0.1, 0.15) is 18.6 Å². The van der Waals surface area contributed by atoms with Crippen LogP contribution in [0.5, 0.6) is 11.5 Å². The van der Waals surface area contributed by atoms with E-state index in [1.54, 1.807) is 18.2 Å². The first-order valence-electron chi connectivity index (χ1n) is 9.15. The zero-order chi connectivity index (χ0) is 20.1. The maximum atomic E-state index is 12.8. The van der Waals surface area contributed by atoms with Crippen LogP contribution in [0.3, 0.4) is 0 Å². The number of anilines is 1. The van der Waals surface area contributed by atoms with Crippen LogP contribution in [0, 0.1) is 0 Å². The summed E-state index contributed by atoms with van der Waals surface area (Å²) >= 11 is 0. The molecule has 1 atom stereocenters. The minimum atomic E-state index is -3.80. The van der Waals surface area contributed by atoms with Crippen molar-refractivity contribution >= 4 is 15.7 Å². The molecule has 3 rings (SSSR count). The van der Waals surface area contributed by atoms with Crippen molar-refractivity contribution in [2.24, 2.45) is 0 Å². The number of hydrogen-bond acceptors (Lipinski definition) is 6. The molecular weight excluding hydrogens is 380 g/mol. The van der Waals surface area contributed by atoms with Crippen molar-refractivity contribution in [3.63, 3.8) is 0 Å². The van der Waals surface area contributed by atoms with E-state index in [1.165, 1.54) is 26.4 Å². The first-order valence-corrected chi connectivity index (χ1v) is 10.6. The van der Waals surface area contributed by atoms with Gasteiger partial charge in [0.1, 0.15) is 16.4 Å². The minimum Gasteiger partial charge on any atom is -0.497 e. The first kappa shape index (κ1) is 20.4. The van der Waals surface area contributed by atoms with Crippen LogP contribution < -0.4 is 14.2 Å². The Balaban J connectivity index is 1.76. The molecule has 0 radical (unpaired) electrons. The predicted octanol–water partition coefficient (Wildman–Crippen LogP) is 2.90. The lowest BCUT2D eigenvalue weighted by molar-refractivity contribution is -0.0281. The number of nitrogens with zero attached hydrogens (tertiary/aromatic N) is 1. The monoisotopic (exact) mass is 406 g/mol. The second kappa shape index (κ2) is 8.81. The Bertz CT molecular complexity index is 899. The topological polar surface area (TPSA) is 77.1 Å². The van der Waals surface area contributed by atoms with Gasteiger partial charge in [0.15, 0.2) is 0 Å². The molecule has 0 aliphatic carbocycles. The smallest absolute Gasteiger partial charge is 0.265 e. The van der Waals surface area contributed by atoms with E-state index in [-0.39, 0.29) is 16.7 Å². The van der Waals surface area contributed by atoms with Crippen molar-refractivity contribution < 1.29 is 22.6 Å². The van der Waals surface area contributed by atoms with Gasteiger partial charge in [0.05, 0.1) is 26.9 Å². The second-order valence-corrected chi connectivity index (χ2v) is 8.15. The highest BCUT2D eigenvalue weighted by Crippen LogP contribution is 2.30. The van der Waals surface area contributed by atoms with Crippen molar-refractivity contribution in [2.75, 3.05) is 45.2 Å². The average Bonchev–Trinajstić information content (AvgIpc) is 2.73. The summed E-state index contributed by atoms with van der Waals surface area (Å²) in [4.78, 5) is 2.38. The van der Waals surface area contributed by atoms with Crippen LogP contribution in [-0.4, -0.2) is 53.8 Å². The standard InChI is InChI=1S/C20H26N2O5S/c1-4-22-11-12-27-19(14-22)15-5-7-16(8-6-15)21-28(23,24)20-10-9-17(25-2)13-18(20)26-3/h5-10,13,19,21H,4,11-12,14H2,1-3H3. The maximum absolute atomic E-state index is 12.8. The summed E-state index contributed by atoms with van der Waals surface area (Å²) in [6, 6.07) is 11.9. The van der Waals surface area contributed by atoms with Gasteiger partial charge in [-0.1, -0.05) is 19.1 Å². The fourth-order valence-corrected chi connectivity index (χ4v) is 4.37. The number of benzene rings is 2. The molecule has 1 aliphatic heterocycles. The van der Waals surface area contributed by atoms with E-state index < -0.39 is 10.0 Å². The molecule has 1 unspecified atom stereocenters. The number of sulfonamides is 1. The van der Waals surface area contributed by atoms with Crippen LogP contribution in [0.25, 0.3) is 0 Å². The van der Waals surface area contributed by atoms with Crippen molar-refractivity contribution in [1.82, 2.24) is 4.90 Å². The lowest BCUT2D eigenvalue weighted by Gasteiger charge is -2.32. The maximum Gasteiger partial charge on any atom is 0.265 e. The van der Waals surface area contributed by atoms with E-state index >= 15 is 0 Å². The van der Waals surface area contributed by atoms with Crippen molar-refractivity contribution in [2.45, 2.75) is 17.9 Å². The third-order valence-electron chi connectivity index (χ3n) is 4.79. The molecule has 2 aromatic carbocycles. The molecule has 1 saturated heterocycles. The molecule has 0 saturated carbocycles. The highest BCUT2D eigenvalue weighted by atomic mass is 32.2. The van der Waals surface area contributed by atoms with Crippen LogP contribution in [0.15, 0.2) is 47.4 Å². The Kier molecular flexibility index (Phi) is 6.43. The van der Waals surface area contributed by atoms with Crippen LogP contribution >= 0.6 is 0 Å². The van der Waals surface area contributed by atoms with Gasteiger partial charge in [0.25, 0.3) is 10.0 Å². The van der Waals surface area contributed by atoms with Gasteiger partial charge in [-0.2, -0.15) is 0 Å². The summed E-state index contributed by atoms with van der Waals surface area (Å²) < 4.78 is 44.3. The Morgan fingerprint density at radius 3 is 2.54 bits per heavy atom. The molecule has 1 N–H and O–H groups in total. The Morgan fingerprint density at radius 2 is 1.89 bits per heavy atom. The molecule has 152 valence electrons. The van der Waals surface area contributed by atoms with E-state index in [4.69, 9.17) is 14.2 Å². The third-order valence-corrected chi connectivity index (χ3v) is 6.21. The van der Waals surface area contributed by atoms with E-state index in [0.29, 0.717) is 18.0 Å². The van der Waals surface area contributed by atoms with E-state index in [2.05, 4.69) is 16.5 Å². The van der Waals surface area contributed by atoms with E-state index in [1.807, 2.05) is 12.1 Å². The second-order valence-electron chi connectivity index (χ2n) is 6.50. The van der Waals surface area contributed by atoms with Crippen LogP contribution in [-0.2, 0) is 14.8 Å². The average molecular weight is 407 g/mol. The van der Waals surface area contributed by atoms with Gasteiger partial charge in [-0.3, -0.25) is 9.62 Å². The fraction of sp³-hybridized carbons (Fsp3) is 0.400. The zero-order valence-electron chi connectivity index (χ0n) is 16.3. The van der Waals surface area contributed by atoms with Crippen molar-refractivity contribution in [3.05, 3.63) is 48.0 Å². The van der Waals surface area contributed by atoms with Gasteiger partial charge in [0, 0.05) is 24.8 Å². The number of methoxy groups -OCH3 is 2. The summed E-state index contributed by atoms with van der Waals surface area (Å²) in [5.74, 6) is 0.743. The Hall–Kier alpha value is -2.29. The zero-order valence-corrected chi connectivity index (χ0v) is 17.2. The SMILES string of the molecule is CCN1CCOC(c2ccc(NS(=O)(=O)c3ccc(OC)cc3OC)cc2)C1. The molecule has 1 fully saturated rings. The van der Waals surface area contributed by atoms with Gasteiger partial charge >= 0.3 is 0 Å². The lowest BCUT2D eigenvalue weighted by atomic mass is 10.1. The Labute approximate surface area is 166 Å². The summed E-state index contributed by atoms with van der Waals surface area (Å²) in [5, 5.41) is 0. The first-order chi connectivity index (χ1) is 13.5. The molecule has 1 heterocycles. The van der Waals surface area contributed by atoms with Gasteiger partial charge in [-0.25, -0.2) is 8.42 Å². The molecular formula is C20H26N2O5S. The molecule has 2 aromatic rings. The van der Waals surface area contributed by atoms with E-state index in [0.717, 1.165) is 25.2 Å². The highest BCUT2D eigenvalue weighted by Gasteiger charge is 2.22. The molecule has 1 aliphatic rings. The summed E-state index contributed by atoms with van der Waals surface area (Å²) in [6.07, 6.45) is 0.000962. The van der Waals surface area contributed by atoms with Crippen LogP contribution in [0.2, 0.25) is 0 Å². The molecule has 7 nitrogen and oxygen atoms in total. The molecule has 28 heavy (non-hydrogen) atoms. The van der Waals surface area contributed by atoms with E-state index in [9.17, 15) is 8.42 Å². The quantitative estimate of drug-likeness (QED) is 0.762.